The van der Waals surface area contributed by atoms with Crippen LogP contribution in [0.2, 0.25) is 0 Å². The van der Waals surface area contributed by atoms with E-state index in [1.54, 1.807) is 0 Å². The van der Waals surface area contributed by atoms with Gasteiger partial charge in [0.1, 0.15) is 5.78 Å². The first-order valence-corrected chi connectivity index (χ1v) is 7.43. The molecule has 0 spiro atoms. The van der Waals surface area contributed by atoms with E-state index in [1.807, 2.05) is 0 Å². The van der Waals surface area contributed by atoms with Gasteiger partial charge in [0.2, 0.25) is 11.6 Å². The molecular formula is C16H18F4O5. The predicted octanol–water partition coefficient (Wildman–Crippen LogP) is 2.86. The first-order valence-electron chi connectivity index (χ1n) is 7.43. The summed E-state index contributed by atoms with van der Waals surface area (Å²) in [6, 6.07) is 0. The summed E-state index contributed by atoms with van der Waals surface area (Å²) in [5.74, 6) is -9.34. The third kappa shape index (κ3) is 6.43. The maximum absolute atomic E-state index is 13.7. The van der Waals surface area contributed by atoms with Crippen LogP contribution in [-0.4, -0.2) is 38.2 Å². The van der Waals surface area contributed by atoms with Gasteiger partial charge in [-0.1, -0.05) is 0 Å². The number of halogens is 4. The lowest BCUT2D eigenvalue weighted by molar-refractivity contribution is -0.136. The summed E-state index contributed by atoms with van der Waals surface area (Å²) in [5.41, 5.74) is -0.791. The Hall–Kier alpha value is -2.00. The molecule has 1 aromatic carbocycles. The molecule has 0 heterocycles. The average molecular weight is 366 g/mol. The smallest absolute Gasteiger partial charge is 0.313 e. The third-order valence-electron chi connectivity index (χ3n) is 3.08. The van der Waals surface area contributed by atoms with Crippen molar-refractivity contribution in [3.05, 3.63) is 28.8 Å². The lowest BCUT2D eigenvalue weighted by Crippen LogP contribution is -2.16. The molecule has 1 rings (SSSR count). The summed E-state index contributed by atoms with van der Waals surface area (Å²) in [7, 11) is 0. The molecule has 0 aliphatic carbocycles. The molecule has 5 nitrogen and oxygen atoms in total. The van der Waals surface area contributed by atoms with Gasteiger partial charge in [-0.15, -0.1) is 0 Å². The van der Waals surface area contributed by atoms with Crippen molar-refractivity contribution in [3.63, 3.8) is 0 Å². The number of Topliss-reactive ketones (excluding diaryl/α,β-unsaturated/α-hetero) is 1. The molecule has 0 aliphatic heterocycles. The number of hydrogen-bond donors (Lipinski definition) is 0. The van der Waals surface area contributed by atoms with E-state index in [0.29, 0.717) is 0 Å². The zero-order chi connectivity index (χ0) is 19.0. The van der Waals surface area contributed by atoms with E-state index in [1.165, 1.54) is 6.92 Å². The lowest BCUT2D eigenvalue weighted by atomic mass is 10.2. The van der Waals surface area contributed by atoms with Gasteiger partial charge in [0.15, 0.2) is 17.5 Å². The van der Waals surface area contributed by atoms with Crippen LogP contribution < -0.4 is 4.74 Å². The van der Waals surface area contributed by atoms with Crippen LogP contribution in [0.25, 0.3) is 0 Å². The van der Waals surface area contributed by atoms with Crippen LogP contribution in [0.4, 0.5) is 17.6 Å². The molecule has 0 bridgehead atoms. The number of carbonyl (C=O) groups is 2. The Morgan fingerprint density at radius 3 is 1.92 bits per heavy atom. The number of benzene rings is 1. The highest BCUT2D eigenvalue weighted by molar-refractivity contribution is 5.75. The van der Waals surface area contributed by atoms with E-state index in [-0.39, 0.29) is 45.1 Å². The molecule has 0 radical (unpaired) electrons. The van der Waals surface area contributed by atoms with Crippen LogP contribution in [0.5, 0.6) is 5.75 Å². The van der Waals surface area contributed by atoms with Crippen LogP contribution in [0, 0.1) is 30.2 Å². The van der Waals surface area contributed by atoms with Gasteiger partial charge in [-0.3, -0.25) is 9.59 Å². The summed E-state index contributed by atoms with van der Waals surface area (Å²) >= 11 is 0. The SMILES string of the molecule is CC(=O)CCOCCOCCC(=O)Oc1c(F)c(C)c(F)c(F)c1F. The highest BCUT2D eigenvalue weighted by Gasteiger charge is 2.26. The van der Waals surface area contributed by atoms with Gasteiger partial charge in [-0.2, -0.15) is 4.39 Å². The van der Waals surface area contributed by atoms with E-state index < -0.39 is 40.6 Å². The van der Waals surface area contributed by atoms with Gasteiger partial charge < -0.3 is 14.2 Å². The Balaban J connectivity index is 2.37. The fourth-order valence-corrected chi connectivity index (χ4v) is 1.67. The second-order valence-corrected chi connectivity index (χ2v) is 5.11. The van der Waals surface area contributed by atoms with Crippen molar-refractivity contribution in [3.8, 4) is 5.75 Å². The molecule has 1 aromatic rings. The number of rotatable bonds is 10. The molecule has 0 aliphatic rings. The lowest BCUT2D eigenvalue weighted by Gasteiger charge is -2.10. The largest absolute Gasteiger partial charge is 0.420 e. The minimum absolute atomic E-state index is 0.00408. The zero-order valence-electron chi connectivity index (χ0n) is 13.8. The van der Waals surface area contributed by atoms with Crippen molar-refractivity contribution in [2.45, 2.75) is 26.7 Å². The van der Waals surface area contributed by atoms with Crippen molar-refractivity contribution in [1.29, 1.82) is 0 Å². The number of esters is 1. The third-order valence-corrected chi connectivity index (χ3v) is 3.08. The highest BCUT2D eigenvalue weighted by atomic mass is 19.2. The number of hydrogen-bond acceptors (Lipinski definition) is 5. The molecule has 0 saturated heterocycles. The van der Waals surface area contributed by atoms with Crippen LogP contribution in [0.1, 0.15) is 25.3 Å². The maximum atomic E-state index is 13.7. The molecule has 25 heavy (non-hydrogen) atoms. The summed E-state index contributed by atoms with van der Waals surface area (Å²) in [6.07, 6.45) is -0.0680. The second kappa shape index (κ2) is 10.1. The van der Waals surface area contributed by atoms with E-state index >= 15 is 0 Å². The molecule has 0 N–H and O–H groups in total. The van der Waals surface area contributed by atoms with Crippen LogP contribution in [0.15, 0.2) is 0 Å². The first kappa shape index (κ1) is 21.0. The van der Waals surface area contributed by atoms with Gasteiger partial charge in [0.05, 0.1) is 32.8 Å². The fraction of sp³-hybridized carbons (Fsp3) is 0.500. The Kier molecular flexibility index (Phi) is 8.50. The van der Waals surface area contributed by atoms with Gasteiger partial charge >= 0.3 is 5.97 Å². The van der Waals surface area contributed by atoms with Crippen molar-refractivity contribution in [2.75, 3.05) is 26.4 Å². The molecule has 0 amide bonds. The van der Waals surface area contributed by atoms with Crippen molar-refractivity contribution < 1.29 is 41.4 Å². The Morgan fingerprint density at radius 2 is 1.36 bits per heavy atom. The minimum Gasteiger partial charge on any atom is -0.420 e. The summed E-state index contributed by atoms with van der Waals surface area (Å²) in [5, 5.41) is 0. The first-order chi connectivity index (χ1) is 11.8. The van der Waals surface area contributed by atoms with Crippen molar-refractivity contribution >= 4 is 11.8 Å². The van der Waals surface area contributed by atoms with Crippen LogP contribution in [0.3, 0.4) is 0 Å². The molecular weight excluding hydrogens is 348 g/mol. The highest BCUT2D eigenvalue weighted by Crippen LogP contribution is 2.29. The van der Waals surface area contributed by atoms with Gasteiger partial charge in [-0.05, 0) is 13.8 Å². The Labute approximate surface area is 141 Å². The van der Waals surface area contributed by atoms with E-state index in [4.69, 9.17) is 9.47 Å². The van der Waals surface area contributed by atoms with Gasteiger partial charge in [0.25, 0.3) is 0 Å². The summed E-state index contributed by atoms with van der Waals surface area (Å²) in [4.78, 5) is 22.2. The molecule has 0 unspecified atom stereocenters. The van der Waals surface area contributed by atoms with Crippen LogP contribution >= 0.6 is 0 Å². The molecule has 0 atom stereocenters. The van der Waals surface area contributed by atoms with E-state index in [0.717, 1.165) is 6.92 Å². The predicted molar refractivity (Wildman–Crippen MR) is 78.2 cm³/mol. The summed E-state index contributed by atoms with van der Waals surface area (Å²) < 4.78 is 68.1. The van der Waals surface area contributed by atoms with Crippen LogP contribution in [-0.2, 0) is 19.1 Å². The minimum atomic E-state index is -1.92. The van der Waals surface area contributed by atoms with Crippen molar-refractivity contribution in [1.82, 2.24) is 0 Å². The second-order valence-electron chi connectivity index (χ2n) is 5.11. The molecule has 140 valence electrons. The maximum Gasteiger partial charge on any atom is 0.313 e. The summed E-state index contributed by atoms with van der Waals surface area (Å²) in [6.45, 7) is 2.80. The van der Waals surface area contributed by atoms with Gasteiger partial charge in [-0.25, -0.2) is 13.2 Å². The average Bonchev–Trinajstić information content (AvgIpc) is 2.57. The van der Waals surface area contributed by atoms with Crippen molar-refractivity contribution in [2.24, 2.45) is 0 Å². The molecule has 0 aromatic heterocycles. The van der Waals surface area contributed by atoms with Gasteiger partial charge in [0, 0.05) is 12.0 Å². The normalized spacial score (nSPS) is 10.8. The Morgan fingerprint density at radius 1 is 0.800 bits per heavy atom. The zero-order valence-corrected chi connectivity index (χ0v) is 13.8. The standard InChI is InChI=1S/C16H18F4O5/c1-9(21)3-5-23-7-8-24-6-4-11(22)25-16-13(18)10(2)12(17)14(19)15(16)20/h3-8H2,1-2H3. The fourth-order valence-electron chi connectivity index (χ4n) is 1.67. The number of carbonyl (C=O) groups excluding carboxylic acids is 2. The Bertz CT molecular complexity index is 604. The molecule has 0 fully saturated rings. The van der Waals surface area contributed by atoms with E-state index in [2.05, 4.69) is 4.74 Å². The topological polar surface area (TPSA) is 61.8 Å². The number of ketones is 1. The molecule has 9 heteroatoms. The number of ether oxygens (including phenoxy) is 3. The quantitative estimate of drug-likeness (QED) is 0.159. The van der Waals surface area contributed by atoms with E-state index in [9.17, 15) is 27.2 Å². The molecule has 0 saturated carbocycles. The monoisotopic (exact) mass is 366 g/mol.